The van der Waals surface area contributed by atoms with Crippen LogP contribution in [0.3, 0.4) is 0 Å². The first-order chi connectivity index (χ1) is 19.0. The standard InChI is InChI=1S/C26H29N7O3S3/c27-16-3-1-2-4-17(16)30-19-6-5-14(24(28)35)25(31-19)32-20-12-29-26(38-20)15-13-37-23-18(34)11-21(39-22(15)23)33-7-9-36-10-8-33/h5-6,11-13,16-17H,1-4,7-10,27H2,(H2,28,35)(H2,30,31,32)/t16-,17+/m1/s1. The predicted octanol–water partition coefficient (Wildman–Crippen LogP) is 4.20. The van der Waals surface area contributed by atoms with Gasteiger partial charge in [0.15, 0.2) is 5.43 Å². The number of hydrogen-bond donors (Lipinski definition) is 4. The fourth-order valence-corrected chi connectivity index (χ4v) is 8.28. The van der Waals surface area contributed by atoms with Crippen molar-refractivity contribution in [1.82, 2.24) is 9.97 Å². The summed E-state index contributed by atoms with van der Waals surface area (Å²) in [6.45, 7) is 2.84. The third-order valence-corrected chi connectivity index (χ3v) is 10.3. The van der Waals surface area contributed by atoms with Crippen LogP contribution in [0.1, 0.15) is 36.0 Å². The van der Waals surface area contributed by atoms with E-state index in [4.69, 9.17) is 16.2 Å². The molecule has 6 N–H and O–H groups in total. The van der Waals surface area contributed by atoms with Crippen molar-refractivity contribution in [2.75, 3.05) is 41.8 Å². The van der Waals surface area contributed by atoms with Crippen LogP contribution in [-0.2, 0) is 4.74 Å². The maximum atomic E-state index is 12.9. The number of ether oxygens (including phenoxy) is 1. The van der Waals surface area contributed by atoms with Gasteiger partial charge in [0.25, 0.3) is 5.91 Å². The van der Waals surface area contributed by atoms with Gasteiger partial charge in [-0.25, -0.2) is 9.97 Å². The average molecular weight is 584 g/mol. The Hall–Kier alpha value is -3.10. The van der Waals surface area contributed by atoms with Crippen LogP contribution in [0.15, 0.2) is 34.6 Å². The van der Waals surface area contributed by atoms with E-state index in [0.29, 0.717) is 29.9 Å². The summed E-state index contributed by atoms with van der Waals surface area (Å²) < 4.78 is 7.13. The lowest BCUT2D eigenvalue weighted by Crippen LogP contribution is -2.42. The number of hydrogen-bond acceptors (Lipinski definition) is 12. The van der Waals surface area contributed by atoms with E-state index in [9.17, 15) is 9.59 Å². The van der Waals surface area contributed by atoms with Gasteiger partial charge in [0.2, 0.25) is 0 Å². The molecule has 204 valence electrons. The Kier molecular flexibility index (Phi) is 7.49. The van der Waals surface area contributed by atoms with Gasteiger partial charge >= 0.3 is 0 Å². The number of carbonyl (C=O) groups is 1. The van der Waals surface area contributed by atoms with Crippen LogP contribution in [0.25, 0.3) is 20.0 Å². The molecule has 6 rings (SSSR count). The summed E-state index contributed by atoms with van der Waals surface area (Å²) in [6.07, 6.45) is 5.93. The number of nitrogens with one attached hydrogen (secondary N) is 2. The van der Waals surface area contributed by atoms with Crippen LogP contribution in [0.5, 0.6) is 0 Å². The van der Waals surface area contributed by atoms with E-state index in [1.165, 1.54) is 22.7 Å². The molecule has 1 amide bonds. The number of rotatable bonds is 7. The van der Waals surface area contributed by atoms with E-state index in [0.717, 1.165) is 63.7 Å². The second kappa shape index (κ2) is 11.2. The molecule has 2 atom stereocenters. The zero-order valence-electron chi connectivity index (χ0n) is 21.1. The lowest BCUT2D eigenvalue weighted by molar-refractivity contribution is 0.100. The average Bonchev–Trinajstić information content (AvgIpc) is 3.58. The second-order valence-corrected chi connectivity index (χ2v) is 12.6. The number of thiophene rings is 1. The summed E-state index contributed by atoms with van der Waals surface area (Å²) in [6, 6.07) is 5.36. The van der Waals surface area contributed by atoms with Gasteiger partial charge in [-0.1, -0.05) is 24.2 Å². The van der Waals surface area contributed by atoms with E-state index in [1.54, 1.807) is 35.7 Å². The third-order valence-electron chi connectivity index (χ3n) is 7.04. The van der Waals surface area contributed by atoms with Gasteiger partial charge in [-0.05, 0) is 25.0 Å². The van der Waals surface area contributed by atoms with Gasteiger partial charge in [-0.15, -0.1) is 22.7 Å². The number of anilines is 4. The first-order valence-corrected chi connectivity index (χ1v) is 15.4. The van der Waals surface area contributed by atoms with Crippen LogP contribution in [-0.4, -0.2) is 54.3 Å². The summed E-state index contributed by atoms with van der Waals surface area (Å²) >= 11 is 4.48. The van der Waals surface area contributed by atoms with E-state index in [2.05, 4.69) is 25.5 Å². The first kappa shape index (κ1) is 26.1. The third kappa shape index (κ3) is 5.50. The molecule has 0 bridgehead atoms. The molecule has 1 saturated heterocycles. The highest BCUT2D eigenvalue weighted by atomic mass is 32.1. The van der Waals surface area contributed by atoms with Crippen LogP contribution in [0.2, 0.25) is 0 Å². The maximum absolute atomic E-state index is 12.9. The molecule has 4 aromatic rings. The lowest BCUT2D eigenvalue weighted by atomic mass is 9.91. The van der Waals surface area contributed by atoms with Gasteiger partial charge in [0, 0.05) is 42.2 Å². The van der Waals surface area contributed by atoms with Gasteiger partial charge in [-0.2, -0.15) is 0 Å². The molecule has 0 radical (unpaired) electrons. The van der Waals surface area contributed by atoms with E-state index < -0.39 is 5.91 Å². The molecule has 1 aliphatic heterocycles. The Balaban J connectivity index is 1.28. The number of nitrogens with zero attached hydrogens (tertiary/aromatic N) is 3. The molecule has 39 heavy (non-hydrogen) atoms. The summed E-state index contributed by atoms with van der Waals surface area (Å²) in [5.41, 5.74) is 13.2. The normalized spacial score (nSPS) is 19.8. The van der Waals surface area contributed by atoms with E-state index in [-0.39, 0.29) is 23.1 Å². The zero-order valence-corrected chi connectivity index (χ0v) is 23.6. The summed E-state index contributed by atoms with van der Waals surface area (Å²) in [4.78, 5) is 36.5. The summed E-state index contributed by atoms with van der Waals surface area (Å²) in [5.74, 6) is 0.431. The van der Waals surface area contributed by atoms with Crippen molar-refractivity contribution in [3.63, 3.8) is 0 Å². The highest BCUT2D eigenvalue weighted by molar-refractivity contribution is 7.29. The Morgan fingerprint density at radius 3 is 2.74 bits per heavy atom. The summed E-state index contributed by atoms with van der Waals surface area (Å²) in [7, 11) is 0. The molecule has 10 nitrogen and oxygen atoms in total. The fourth-order valence-electron chi connectivity index (χ4n) is 4.95. The van der Waals surface area contributed by atoms with Crippen LogP contribution < -0.4 is 32.4 Å². The van der Waals surface area contributed by atoms with Crippen molar-refractivity contribution in [2.24, 2.45) is 11.5 Å². The smallest absolute Gasteiger partial charge is 0.252 e. The van der Waals surface area contributed by atoms with Crippen molar-refractivity contribution >= 4 is 71.0 Å². The van der Waals surface area contributed by atoms with Crippen molar-refractivity contribution < 1.29 is 9.53 Å². The van der Waals surface area contributed by atoms with E-state index >= 15 is 0 Å². The molecule has 13 heteroatoms. The second-order valence-electron chi connectivity index (χ2n) is 9.67. The van der Waals surface area contributed by atoms with Gasteiger partial charge in [-0.3, -0.25) is 9.59 Å². The highest BCUT2D eigenvalue weighted by Crippen LogP contribution is 2.41. The number of pyridine rings is 1. The predicted molar refractivity (Wildman–Crippen MR) is 160 cm³/mol. The Labute approximate surface area is 237 Å². The summed E-state index contributed by atoms with van der Waals surface area (Å²) in [5, 5.41) is 11.1. The number of fused-ring (bicyclic) bond motifs is 1. The number of amides is 1. The number of morpholine rings is 1. The molecular weight excluding hydrogens is 555 g/mol. The largest absolute Gasteiger partial charge is 0.378 e. The minimum Gasteiger partial charge on any atom is -0.378 e. The number of carbonyl (C=O) groups excluding carboxylic acids is 1. The fraction of sp³-hybridized carbons (Fsp3) is 0.385. The van der Waals surface area contributed by atoms with Crippen molar-refractivity contribution in [2.45, 2.75) is 37.8 Å². The molecule has 5 heterocycles. The topological polar surface area (TPSA) is 148 Å². The molecule has 0 spiro atoms. The molecule has 2 fully saturated rings. The van der Waals surface area contributed by atoms with E-state index in [1.807, 2.05) is 5.38 Å². The van der Waals surface area contributed by atoms with Crippen molar-refractivity contribution in [1.29, 1.82) is 0 Å². The molecule has 4 aromatic heterocycles. The van der Waals surface area contributed by atoms with Gasteiger partial charge in [0.05, 0.1) is 39.4 Å². The number of nitrogens with two attached hydrogens (primary N) is 2. The molecule has 0 unspecified atom stereocenters. The number of primary amides is 1. The Bertz CT molecular complexity index is 1560. The lowest BCUT2D eigenvalue weighted by Gasteiger charge is -2.29. The van der Waals surface area contributed by atoms with Crippen molar-refractivity contribution in [3.05, 3.63) is 45.6 Å². The number of thiazole rings is 1. The maximum Gasteiger partial charge on any atom is 0.252 e. The SMILES string of the molecule is NC(=O)c1ccc(N[C@H]2CCCC[C@H]2N)nc1Nc1cnc(-c2csc3c(=O)cc(N4CCOCC4)sc23)s1. The molecule has 1 saturated carbocycles. The quantitative estimate of drug-likeness (QED) is 0.251. The first-order valence-electron chi connectivity index (χ1n) is 12.9. The minimum atomic E-state index is -0.570. The molecule has 2 aliphatic rings. The van der Waals surface area contributed by atoms with Crippen LogP contribution in [0, 0.1) is 0 Å². The Morgan fingerprint density at radius 1 is 1.13 bits per heavy atom. The monoisotopic (exact) mass is 583 g/mol. The molecular formula is C26H29N7O3S3. The molecule has 0 aromatic carbocycles. The number of aromatic nitrogens is 2. The van der Waals surface area contributed by atoms with Crippen LogP contribution in [0.4, 0.5) is 21.6 Å². The molecule has 1 aliphatic carbocycles. The van der Waals surface area contributed by atoms with Gasteiger partial charge < -0.3 is 31.7 Å². The van der Waals surface area contributed by atoms with Gasteiger partial charge in [0.1, 0.15) is 21.6 Å². The van der Waals surface area contributed by atoms with Crippen LogP contribution >= 0.6 is 34.0 Å². The zero-order chi connectivity index (χ0) is 26.9. The highest BCUT2D eigenvalue weighted by Gasteiger charge is 2.23. The minimum absolute atomic E-state index is 0.0219. The van der Waals surface area contributed by atoms with Crippen molar-refractivity contribution in [3.8, 4) is 10.6 Å². The Morgan fingerprint density at radius 2 is 1.95 bits per heavy atom.